The molecule has 0 aromatic heterocycles. The lowest BCUT2D eigenvalue weighted by molar-refractivity contribution is -0.623. The smallest absolute Gasteiger partial charge is 0.300 e. The number of carbonyl (C=O) groups is 2. The first-order chi connectivity index (χ1) is 11.2. The third-order valence-corrected chi connectivity index (χ3v) is 5.06. The van der Waals surface area contributed by atoms with Crippen molar-refractivity contribution in [3.05, 3.63) is 32.4 Å². The van der Waals surface area contributed by atoms with E-state index in [1.54, 1.807) is 4.90 Å². The van der Waals surface area contributed by atoms with Crippen molar-refractivity contribution in [1.29, 1.82) is 0 Å². The number of rotatable bonds is 7. The molecule has 24 heavy (non-hydrogen) atoms. The summed E-state index contributed by atoms with van der Waals surface area (Å²) in [6.07, 6.45) is 3.30. The fourth-order valence-corrected chi connectivity index (χ4v) is 3.87. The zero-order valence-corrected chi connectivity index (χ0v) is 13.8. The van der Waals surface area contributed by atoms with Gasteiger partial charge in [-0.25, -0.2) is 0 Å². The van der Waals surface area contributed by atoms with Gasteiger partial charge in [-0.15, -0.1) is 0 Å². The molecule has 9 heteroatoms. The number of carbonyl (C=O) groups excluding carboxylic acids is 2. The van der Waals surface area contributed by atoms with Crippen molar-refractivity contribution in [2.24, 2.45) is 5.92 Å². The summed E-state index contributed by atoms with van der Waals surface area (Å²) in [7, 11) is 0. The van der Waals surface area contributed by atoms with Crippen LogP contribution >= 0.6 is 0 Å². The number of hydrogen-bond acceptors (Lipinski definition) is 7. The molecule has 0 aromatic rings. The lowest BCUT2D eigenvalue weighted by atomic mass is 9.61. The number of nitro groups is 2. The van der Waals surface area contributed by atoms with Gasteiger partial charge >= 0.3 is 5.54 Å². The fourth-order valence-electron chi connectivity index (χ4n) is 3.87. The first kappa shape index (κ1) is 18.2. The summed E-state index contributed by atoms with van der Waals surface area (Å²) in [4.78, 5) is 48.1. The van der Waals surface area contributed by atoms with E-state index in [1.165, 1.54) is 6.92 Å². The van der Waals surface area contributed by atoms with Gasteiger partial charge in [0.1, 0.15) is 11.7 Å². The van der Waals surface area contributed by atoms with Crippen LogP contribution < -0.4 is 0 Å². The highest BCUT2D eigenvalue weighted by Crippen LogP contribution is 2.45. The lowest BCUT2D eigenvalue weighted by Gasteiger charge is -2.48. The molecule has 3 atom stereocenters. The SMILES string of the molecule is CCCCN1CC2([N+](=O)[O-])C=CC(=O)C([N+](=O)[O-])(C1)C2CC(C)=O. The van der Waals surface area contributed by atoms with Gasteiger partial charge in [0.2, 0.25) is 5.78 Å². The minimum absolute atomic E-state index is 0.0304. The number of piperidine rings is 1. The minimum atomic E-state index is -2.14. The number of Topliss-reactive ketones (excluding diaryl/α,β-unsaturated/α-hetero) is 1. The molecule has 1 heterocycles. The van der Waals surface area contributed by atoms with E-state index < -0.39 is 38.4 Å². The van der Waals surface area contributed by atoms with Crippen LogP contribution in [-0.4, -0.2) is 57.0 Å². The van der Waals surface area contributed by atoms with Crippen LogP contribution in [0.25, 0.3) is 0 Å². The van der Waals surface area contributed by atoms with Crippen LogP contribution in [0.4, 0.5) is 0 Å². The largest absolute Gasteiger partial charge is 0.305 e. The molecule has 0 spiro atoms. The lowest BCUT2D eigenvalue weighted by Crippen LogP contribution is -2.75. The van der Waals surface area contributed by atoms with Gasteiger partial charge in [-0.2, -0.15) is 0 Å². The number of ketones is 2. The van der Waals surface area contributed by atoms with Crippen molar-refractivity contribution in [1.82, 2.24) is 4.90 Å². The molecule has 1 saturated heterocycles. The number of likely N-dealkylation sites (tertiary alicyclic amines) is 1. The van der Waals surface area contributed by atoms with Crippen LogP contribution in [0.1, 0.15) is 33.1 Å². The summed E-state index contributed by atoms with van der Waals surface area (Å²) in [5, 5.41) is 23.7. The van der Waals surface area contributed by atoms with E-state index in [-0.39, 0.29) is 19.5 Å². The Labute approximate surface area is 139 Å². The van der Waals surface area contributed by atoms with Crippen molar-refractivity contribution in [2.75, 3.05) is 19.6 Å². The first-order valence-corrected chi connectivity index (χ1v) is 7.95. The highest BCUT2D eigenvalue weighted by atomic mass is 16.6. The maximum absolute atomic E-state index is 12.5. The summed E-state index contributed by atoms with van der Waals surface area (Å²) >= 11 is 0. The molecular weight excluding hydrogens is 318 g/mol. The Hall–Kier alpha value is -2.16. The van der Waals surface area contributed by atoms with E-state index >= 15 is 0 Å². The van der Waals surface area contributed by atoms with Gasteiger partial charge in [0, 0.05) is 16.3 Å². The number of nitrogens with zero attached hydrogens (tertiary/aromatic N) is 3. The van der Waals surface area contributed by atoms with Crippen LogP contribution in [0.5, 0.6) is 0 Å². The van der Waals surface area contributed by atoms with Crippen LogP contribution in [-0.2, 0) is 9.59 Å². The predicted molar refractivity (Wildman–Crippen MR) is 83.7 cm³/mol. The van der Waals surface area contributed by atoms with E-state index in [9.17, 15) is 29.8 Å². The average Bonchev–Trinajstić information content (AvgIpc) is 2.49. The Bertz CT molecular complexity index is 618. The van der Waals surface area contributed by atoms with Gasteiger partial charge in [0.05, 0.1) is 13.1 Å². The highest BCUT2D eigenvalue weighted by molar-refractivity contribution is 5.99. The summed E-state index contributed by atoms with van der Waals surface area (Å²) < 4.78 is 0. The van der Waals surface area contributed by atoms with Crippen molar-refractivity contribution in [3.63, 3.8) is 0 Å². The molecule has 1 aliphatic heterocycles. The summed E-state index contributed by atoms with van der Waals surface area (Å²) in [5.41, 5.74) is -3.93. The second-order valence-corrected chi connectivity index (χ2v) is 6.65. The Morgan fingerprint density at radius 3 is 2.50 bits per heavy atom. The summed E-state index contributed by atoms with van der Waals surface area (Å²) in [6, 6.07) is 0. The second kappa shape index (κ2) is 6.39. The van der Waals surface area contributed by atoms with E-state index in [0.717, 1.165) is 25.0 Å². The monoisotopic (exact) mass is 339 g/mol. The van der Waals surface area contributed by atoms with Crippen LogP contribution in [0.3, 0.4) is 0 Å². The molecule has 2 rings (SSSR count). The molecule has 1 aliphatic carbocycles. The summed E-state index contributed by atoms with van der Waals surface area (Å²) in [6.45, 7) is 3.39. The topological polar surface area (TPSA) is 124 Å². The molecule has 9 nitrogen and oxygen atoms in total. The molecule has 0 aromatic carbocycles. The second-order valence-electron chi connectivity index (χ2n) is 6.65. The Morgan fingerprint density at radius 2 is 2.00 bits per heavy atom. The summed E-state index contributed by atoms with van der Waals surface area (Å²) in [5.74, 6) is -2.44. The van der Waals surface area contributed by atoms with Crippen molar-refractivity contribution in [2.45, 2.75) is 44.2 Å². The Balaban J connectivity index is 2.61. The Kier molecular flexibility index (Phi) is 4.84. The third-order valence-electron chi connectivity index (χ3n) is 5.06. The van der Waals surface area contributed by atoms with Gasteiger partial charge < -0.3 is 4.79 Å². The molecule has 2 aliphatic rings. The van der Waals surface area contributed by atoms with Gasteiger partial charge in [-0.1, -0.05) is 13.3 Å². The highest BCUT2D eigenvalue weighted by Gasteiger charge is 2.73. The molecule has 0 saturated carbocycles. The zero-order chi connectivity index (χ0) is 18.1. The van der Waals surface area contributed by atoms with Crippen LogP contribution in [0, 0.1) is 26.1 Å². The average molecular weight is 339 g/mol. The molecule has 1 fully saturated rings. The molecule has 0 radical (unpaired) electrons. The van der Waals surface area contributed by atoms with Gasteiger partial charge in [0.15, 0.2) is 0 Å². The quantitative estimate of drug-likeness (QED) is 0.498. The van der Waals surface area contributed by atoms with E-state index in [0.29, 0.717) is 6.54 Å². The molecule has 0 amide bonds. The van der Waals surface area contributed by atoms with E-state index in [4.69, 9.17) is 0 Å². The molecule has 132 valence electrons. The van der Waals surface area contributed by atoms with E-state index in [2.05, 4.69) is 0 Å². The fraction of sp³-hybridized carbons (Fsp3) is 0.733. The number of fused-ring (bicyclic) bond motifs is 2. The van der Waals surface area contributed by atoms with Crippen molar-refractivity contribution < 1.29 is 19.4 Å². The number of hydrogen-bond donors (Lipinski definition) is 0. The normalized spacial score (nSPS) is 32.6. The van der Waals surface area contributed by atoms with Crippen molar-refractivity contribution in [3.8, 4) is 0 Å². The van der Waals surface area contributed by atoms with Crippen LogP contribution in [0.2, 0.25) is 0 Å². The van der Waals surface area contributed by atoms with Crippen molar-refractivity contribution >= 4 is 11.6 Å². The number of unbranched alkanes of at least 4 members (excludes halogenated alkanes) is 1. The minimum Gasteiger partial charge on any atom is -0.300 e. The van der Waals surface area contributed by atoms with Gasteiger partial charge in [0.25, 0.3) is 5.54 Å². The third kappa shape index (κ3) is 2.62. The molecular formula is C15H21N3O6. The standard InChI is InChI=1S/C15H21N3O6/c1-3-4-7-16-9-14(17(21)22)6-5-13(20)15(10-16,18(23)24)12(14)8-11(2)19/h5-6,12H,3-4,7-10H2,1-2H3. The molecule has 2 bridgehead atoms. The van der Waals surface area contributed by atoms with Gasteiger partial charge in [-0.3, -0.25) is 29.9 Å². The Morgan fingerprint density at radius 1 is 1.33 bits per heavy atom. The maximum Gasteiger partial charge on any atom is 0.305 e. The van der Waals surface area contributed by atoms with E-state index in [1.807, 2.05) is 6.92 Å². The zero-order valence-electron chi connectivity index (χ0n) is 13.8. The molecule has 3 unspecified atom stereocenters. The molecule has 0 N–H and O–H groups in total. The van der Waals surface area contributed by atoms with Crippen LogP contribution in [0.15, 0.2) is 12.2 Å². The first-order valence-electron chi connectivity index (χ1n) is 7.95. The predicted octanol–water partition coefficient (Wildman–Crippen LogP) is 0.867. The van der Waals surface area contributed by atoms with Gasteiger partial charge in [-0.05, 0) is 32.0 Å². The maximum atomic E-state index is 12.5.